The first-order valence-corrected chi connectivity index (χ1v) is 13.5. The van der Waals surface area contributed by atoms with Crippen molar-refractivity contribution in [1.29, 1.82) is 0 Å². The predicted molar refractivity (Wildman–Crippen MR) is 124 cm³/mol. The van der Waals surface area contributed by atoms with E-state index in [1.54, 1.807) is 0 Å². The van der Waals surface area contributed by atoms with Crippen molar-refractivity contribution < 1.29 is 32.8 Å². The van der Waals surface area contributed by atoms with Gasteiger partial charge >= 0.3 is 20.8 Å². The second-order valence-corrected chi connectivity index (χ2v) is 10.5. The highest BCUT2D eigenvalue weighted by molar-refractivity contribution is 8.02. The molecule has 0 aliphatic carbocycles. The van der Waals surface area contributed by atoms with Crippen LogP contribution in [0.3, 0.4) is 0 Å². The van der Waals surface area contributed by atoms with Gasteiger partial charge in [-0.2, -0.15) is 24.1 Å². The molecule has 174 valence electrons. The van der Waals surface area contributed by atoms with E-state index in [9.17, 15) is 16.8 Å². The molecule has 0 saturated carbocycles. The van der Waals surface area contributed by atoms with Gasteiger partial charge in [-0.15, -0.1) is 0 Å². The summed E-state index contributed by atoms with van der Waals surface area (Å²) >= 11 is 1.54. The normalized spacial score (nSPS) is 11.6. The van der Waals surface area contributed by atoms with Crippen LogP contribution in [0, 0.1) is 13.8 Å². The summed E-state index contributed by atoms with van der Waals surface area (Å²) in [6.07, 6.45) is 0.954. The zero-order valence-electron chi connectivity index (χ0n) is 17.6. The van der Waals surface area contributed by atoms with E-state index < -0.39 is 20.8 Å². The summed E-state index contributed by atoms with van der Waals surface area (Å²) in [5.74, 6) is 0.846. The van der Waals surface area contributed by atoms with Crippen molar-refractivity contribution in [3.8, 4) is 0 Å². The molecular weight excluding hydrogens is 484 g/mol. The highest BCUT2D eigenvalue weighted by Crippen LogP contribution is 2.18. The van der Waals surface area contributed by atoms with Crippen LogP contribution in [0.2, 0.25) is 0 Å². The summed E-state index contributed by atoms with van der Waals surface area (Å²) in [5.41, 5.74) is 5.42. The van der Waals surface area contributed by atoms with Gasteiger partial charge in [0, 0.05) is 35.6 Å². The van der Waals surface area contributed by atoms with E-state index >= 15 is 0 Å². The first kappa shape index (κ1) is 27.9. The quantitative estimate of drug-likeness (QED) is 0.360. The lowest BCUT2D eigenvalue weighted by Gasteiger charge is -2.03. The van der Waals surface area contributed by atoms with Crippen molar-refractivity contribution in [2.75, 3.05) is 7.11 Å². The van der Waals surface area contributed by atoms with E-state index in [4.69, 9.17) is 4.55 Å². The van der Waals surface area contributed by atoms with Crippen molar-refractivity contribution in [1.82, 2.24) is 0 Å². The second-order valence-electron chi connectivity index (χ2n) is 6.33. The number of hydrogen-bond acceptors (Lipinski definition) is 9. The molecule has 1 N–H and O–H groups in total. The molecule has 2 aromatic rings. The minimum absolute atomic E-state index is 0.377. The van der Waals surface area contributed by atoms with Crippen LogP contribution in [0.25, 0.3) is 0 Å². The average Bonchev–Trinajstić information content (AvgIpc) is 2.67. The molecule has 0 spiro atoms. The zero-order valence-corrected chi connectivity index (χ0v) is 20.9. The number of rotatable bonds is 10. The van der Waals surface area contributed by atoms with E-state index in [0.717, 1.165) is 47.8 Å². The van der Waals surface area contributed by atoms with E-state index in [1.165, 1.54) is 5.56 Å². The van der Waals surface area contributed by atoms with Crippen LogP contribution in [0.1, 0.15) is 34.7 Å². The van der Waals surface area contributed by atoms with Crippen LogP contribution in [0.4, 0.5) is 0 Å². The molecule has 0 aromatic heterocycles. The van der Waals surface area contributed by atoms with Gasteiger partial charge in [0.05, 0.1) is 7.11 Å². The van der Waals surface area contributed by atoms with Gasteiger partial charge in [-0.05, 0) is 37.0 Å². The van der Waals surface area contributed by atoms with Gasteiger partial charge in [-0.25, -0.2) is 0 Å². The maximum absolute atomic E-state index is 10.8. The maximum Gasteiger partial charge on any atom is 0.410 e. The summed E-state index contributed by atoms with van der Waals surface area (Å²) in [6.45, 7) is 5.99. The topological polar surface area (TPSA) is 116 Å². The van der Waals surface area contributed by atoms with Gasteiger partial charge in [0.25, 0.3) is 0 Å². The summed E-state index contributed by atoms with van der Waals surface area (Å²) in [5, 5.41) is 0. The van der Waals surface area contributed by atoms with E-state index in [2.05, 4.69) is 18.4 Å². The van der Waals surface area contributed by atoms with Crippen molar-refractivity contribution >= 4 is 44.9 Å². The zero-order chi connectivity index (χ0) is 23.5. The van der Waals surface area contributed by atoms with Gasteiger partial charge in [-0.1, -0.05) is 60.5 Å². The van der Waals surface area contributed by atoms with Crippen LogP contribution in [-0.4, -0.2) is 28.5 Å². The van der Waals surface area contributed by atoms with Crippen molar-refractivity contribution in [2.24, 2.45) is 0 Å². The Hall–Kier alpha value is -1.12. The van der Waals surface area contributed by atoms with E-state index in [0.29, 0.717) is 23.5 Å². The fourth-order valence-electron chi connectivity index (χ4n) is 2.42. The minimum Gasteiger partial charge on any atom is -0.263 e. The first-order chi connectivity index (χ1) is 14.4. The Kier molecular flexibility index (Phi) is 12.1. The summed E-state index contributed by atoms with van der Waals surface area (Å²) in [7, 11) is -7.13. The molecule has 31 heavy (non-hydrogen) atoms. The van der Waals surface area contributed by atoms with Crippen molar-refractivity contribution in [3.63, 3.8) is 0 Å². The highest BCUT2D eigenvalue weighted by Gasteiger charge is 2.09. The largest absolute Gasteiger partial charge is 0.410 e. The highest BCUT2D eigenvalue weighted by atomic mass is 32.3. The first-order valence-electron chi connectivity index (χ1n) is 8.99. The Morgan fingerprint density at radius 1 is 0.839 bits per heavy atom. The molecule has 0 aliphatic rings. The molecular formula is C19H26O8S4. The SMILES string of the molecule is CCc1cccc(CSOS(=O)(=O)OC)c1.Cc1cc(C)cc(CSOS(=O)(=O)O)c1. The van der Waals surface area contributed by atoms with E-state index in [-0.39, 0.29) is 0 Å². The minimum atomic E-state index is -4.35. The average molecular weight is 511 g/mol. The van der Waals surface area contributed by atoms with Crippen molar-refractivity contribution in [2.45, 2.75) is 38.7 Å². The van der Waals surface area contributed by atoms with Gasteiger partial charge < -0.3 is 0 Å². The molecule has 0 bridgehead atoms. The van der Waals surface area contributed by atoms with Crippen LogP contribution in [-0.2, 0) is 50.2 Å². The molecule has 0 heterocycles. The molecule has 0 unspecified atom stereocenters. The molecule has 2 rings (SSSR count). The van der Waals surface area contributed by atoms with Crippen LogP contribution >= 0.6 is 24.1 Å². The summed E-state index contributed by atoms with van der Waals surface area (Å²) < 4.78 is 63.4. The smallest absolute Gasteiger partial charge is 0.263 e. The van der Waals surface area contributed by atoms with Crippen molar-refractivity contribution in [3.05, 3.63) is 70.3 Å². The molecule has 0 fully saturated rings. The Labute approximate surface area is 193 Å². The lowest BCUT2D eigenvalue weighted by Crippen LogP contribution is -2.02. The van der Waals surface area contributed by atoms with Gasteiger partial charge in [-0.3, -0.25) is 8.74 Å². The summed E-state index contributed by atoms with van der Waals surface area (Å²) in [6, 6.07) is 13.8. The third kappa shape index (κ3) is 13.1. The monoisotopic (exact) mass is 510 g/mol. The fraction of sp³-hybridized carbons (Fsp3) is 0.368. The standard InChI is InChI=1S/C10H14O4S2.C9H12O4S2/c1-3-9-5-4-6-10(7-9)8-15-14-16(11,12)13-2;1-7-3-8(2)5-9(4-7)6-14-13-15(10,11)12/h4-7H,3,8H2,1-2H3;3-5H,6H2,1-2H3,(H,10,11,12). The Morgan fingerprint density at radius 2 is 1.39 bits per heavy atom. The molecule has 0 saturated heterocycles. The maximum atomic E-state index is 10.8. The van der Waals surface area contributed by atoms with Gasteiger partial charge in [0.15, 0.2) is 0 Å². The predicted octanol–water partition coefficient (Wildman–Crippen LogP) is 4.58. The number of hydrogen-bond donors (Lipinski definition) is 1. The van der Waals surface area contributed by atoms with Gasteiger partial charge in [0.2, 0.25) is 0 Å². The van der Waals surface area contributed by atoms with Gasteiger partial charge in [0.1, 0.15) is 0 Å². The van der Waals surface area contributed by atoms with Crippen LogP contribution in [0.5, 0.6) is 0 Å². The number of benzene rings is 2. The number of aryl methyl sites for hydroxylation is 3. The lowest BCUT2D eigenvalue weighted by atomic mass is 10.1. The van der Waals surface area contributed by atoms with Crippen LogP contribution in [0.15, 0.2) is 42.5 Å². The second kappa shape index (κ2) is 13.4. The molecule has 8 nitrogen and oxygen atoms in total. The third-order valence-corrected chi connectivity index (χ3v) is 7.04. The Bertz CT molecular complexity index is 1020. The van der Waals surface area contributed by atoms with E-state index in [1.807, 2.05) is 56.3 Å². The fourth-order valence-corrected chi connectivity index (χ4v) is 4.61. The summed E-state index contributed by atoms with van der Waals surface area (Å²) in [4.78, 5) is 0. The molecule has 0 aliphatic heterocycles. The third-order valence-electron chi connectivity index (χ3n) is 3.60. The lowest BCUT2D eigenvalue weighted by molar-refractivity contribution is 0.343. The van der Waals surface area contributed by atoms with Crippen LogP contribution < -0.4 is 0 Å². The molecule has 0 radical (unpaired) electrons. The molecule has 12 heteroatoms. The molecule has 0 amide bonds. The molecule has 0 atom stereocenters. The Morgan fingerprint density at radius 3 is 1.94 bits per heavy atom. The molecule has 2 aromatic carbocycles. The Balaban J connectivity index is 0.000000311.